The molecule has 0 aliphatic carbocycles. The third-order valence-electron chi connectivity index (χ3n) is 3.85. The molecule has 23 heavy (non-hydrogen) atoms. The van der Waals surface area contributed by atoms with Gasteiger partial charge in [0.25, 0.3) is 5.91 Å². The molecule has 1 fully saturated rings. The van der Waals surface area contributed by atoms with Crippen LogP contribution in [0.5, 0.6) is 0 Å². The van der Waals surface area contributed by atoms with Crippen LogP contribution >= 0.6 is 22.6 Å². The van der Waals surface area contributed by atoms with Crippen molar-refractivity contribution in [3.8, 4) is 0 Å². The maximum Gasteiger partial charge on any atom is 0.251 e. The summed E-state index contributed by atoms with van der Waals surface area (Å²) in [5.74, 6) is -0.0410. The lowest BCUT2D eigenvalue weighted by Gasteiger charge is -2.28. The van der Waals surface area contributed by atoms with Gasteiger partial charge >= 0.3 is 0 Å². The molecule has 1 N–H and O–H groups in total. The smallest absolute Gasteiger partial charge is 0.251 e. The van der Waals surface area contributed by atoms with Gasteiger partial charge in [-0.15, -0.1) is 0 Å². The minimum atomic E-state index is -0.0410. The van der Waals surface area contributed by atoms with Gasteiger partial charge in [0.1, 0.15) is 0 Å². The molecule has 3 rings (SSSR count). The number of nitrogens with zero attached hydrogens (tertiary/aromatic N) is 1. The van der Waals surface area contributed by atoms with Crippen molar-refractivity contribution in [2.45, 2.75) is 6.54 Å². The Morgan fingerprint density at radius 2 is 1.87 bits per heavy atom. The van der Waals surface area contributed by atoms with E-state index in [1.807, 2.05) is 24.3 Å². The fraction of sp³-hybridized carbons (Fsp3) is 0.278. The van der Waals surface area contributed by atoms with Crippen LogP contribution in [0.25, 0.3) is 0 Å². The summed E-state index contributed by atoms with van der Waals surface area (Å²) in [5.41, 5.74) is 3.00. The Morgan fingerprint density at radius 3 is 2.57 bits per heavy atom. The first kappa shape index (κ1) is 16.3. The van der Waals surface area contributed by atoms with Crippen molar-refractivity contribution >= 4 is 34.2 Å². The van der Waals surface area contributed by atoms with Gasteiger partial charge in [0, 0.05) is 34.5 Å². The van der Waals surface area contributed by atoms with Gasteiger partial charge in [0.15, 0.2) is 0 Å². The maximum atomic E-state index is 12.1. The number of rotatable bonds is 4. The highest BCUT2D eigenvalue weighted by molar-refractivity contribution is 14.1. The van der Waals surface area contributed by atoms with Crippen LogP contribution in [0, 0.1) is 3.57 Å². The first-order valence-corrected chi connectivity index (χ1v) is 8.76. The molecular formula is C18H19IN2O2. The Morgan fingerprint density at radius 1 is 1.13 bits per heavy atom. The molecule has 4 nitrogen and oxygen atoms in total. The second kappa shape index (κ2) is 7.79. The van der Waals surface area contributed by atoms with E-state index in [0.717, 1.165) is 35.4 Å². The normalized spacial score (nSPS) is 14.6. The van der Waals surface area contributed by atoms with Crippen molar-refractivity contribution in [3.63, 3.8) is 0 Å². The van der Waals surface area contributed by atoms with E-state index >= 15 is 0 Å². The number of benzene rings is 2. The molecule has 2 aromatic rings. The van der Waals surface area contributed by atoms with Crippen LogP contribution < -0.4 is 10.2 Å². The van der Waals surface area contributed by atoms with Crippen LogP contribution in [0.1, 0.15) is 15.9 Å². The first-order chi connectivity index (χ1) is 11.2. The first-order valence-electron chi connectivity index (χ1n) is 7.68. The fourth-order valence-electron chi connectivity index (χ4n) is 2.56. The van der Waals surface area contributed by atoms with Crippen molar-refractivity contribution in [1.29, 1.82) is 0 Å². The zero-order valence-electron chi connectivity index (χ0n) is 12.8. The Balaban J connectivity index is 1.57. The molecule has 1 amide bonds. The molecule has 1 saturated heterocycles. The number of morpholine rings is 1. The predicted octanol–water partition coefficient (Wildman–Crippen LogP) is 3.06. The standard InChI is InChI=1S/C18H19IN2O2/c19-16-3-1-2-15(12-16)18(22)20-13-14-4-6-17(7-5-14)21-8-10-23-11-9-21/h1-7,12H,8-11,13H2,(H,20,22). The molecule has 1 aliphatic rings. The molecule has 0 saturated carbocycles. The second-order valence-corrected chi connectivity index (χ2v) is 6.70. The van der Waals surface area contributed by atoms with Crippen LogP contribution in [0.4, 0.5) is 5.69 Å². The molecule has 0 spiro atoms. The number of halogens is 1. The quantitative estimate of drug-likeness (QED) is 0.771. The Bertz CT molecular complexity index is 667. The number of hydrogen-bond acceptors (Lipinski definition) is 3. The monoisotopic (exact) mass is 422 g/mol. The van der Waals surface area contributed by atoms with Crippen LogP contribution in [0.15, 0.2) is 48.5 Å². The van der Waals surface area contributed by atoms with E-state index in [1.165, 1.54) is 5.69 Å². The van der Waals surface area contributed by atoms with E-state index in [1.54, 1.807) is 0 Å². The molecule has 0 unspecified atom stereocenters. The molecule has 1 aliphatic heterocycles. The van der Waals surface area contributed by atoms with Crippen molar-refractivity contribution in [1.82, 2.24) is 5.32 Å². The second-order valence-electron chi connectivity index (χ2n) is 5.46. The third kappa shape index (κ3) is 4.45. The molecule has 0 bridgehead atoms. The lowest BCUT2D eigenvalue weighted by molar-refractivity contribution is 0.0951. The summed E-state index contributed by atoms with van der Waals surface area (Å²) in [6.45, 7) is 3.97. The minimum Gasteiger partial charge on any atom is -0.378 e. The lowest BCUT2D eigenvalue weighted by atomic mass is 10.1. The summed E-state index contributed by atoms with van der Waals surface area (Å²) in [6, 6.07) is 15.9. The molecule has 0 aromatic heterocycles. The maximum absolute atomic E-state index is 12.1. The van der Waals surface area contributed by atoms with E-state index < -0.39 is 0 Å². The van der Waals surface area contributed by atoms with Gasteiger partial charge in [-0.2, -0.15) is 0 Å². The number of hydrogen-bond donors (Lipinski definition) is 1. The average Bonchev–Trinajstić information content (AvgIpc) is 2.61. The predicted molar refractivity (Wildman–Crippen MR) is 99.8 cm³/mol. The zero-order chi connectivity index (χ0) is 16.1. The van der Waals surface area contributed by atoms with Crippen LogP contribution in [-0.2, 0) is 11.3 Å². The molecule has 120 valence electrons. The topological polar surface area (TPSA) is 41.6 Å². The van der Waals surface area contributed by atoms with Gasteiger partial charge in [-0.3, -0.25) is 4.79 Å². The highest BCUT2D eigenvalue weighted by Crippen LogP contribution is 2.16. The van der Waals surface area contributed by atoms with Gasteiger partial charge in [-0.05, 0) is 58.5 Å². The van der Waals surface area contributed by atoms with Gasteiger partial charge in [0.05, 0.1) is 13.2 Å². The third-order valence-corrected chi connectivity index (χ3v) is 4.52. The van der Waals surface area contributed by atoms with Crippen molar-refractivity contribution in [3.05, 3.63) is 63.2 Å². The Hall–Kier alpha value is -1.60. The van der Waals surface area contributed by atoms with Gasteiger partial charge in [0.2, 0.25) is 0 Å². The lowest BCUT2D eigenvalue weighted by Crippen LogP contribution is -2.36. The van der Waals surface area contributed by atoms with E-state index in [-0.39, 0.29) is 5.91 Å². The number of nitrogens with one attached hydrogen (secondary N) is 1. The van der Waals surface area contributed by atoms with Crippen molar-refractivity contribution < 1.29 is 9.53 Å². The Labute approximate surface area is 150 Å². The van der Waals surface area contributed by atoms with E-state index in [9.17, 15) is 4.79 Å². The van der Waals surface area contributed by atoms with Gasteiger partial charge < -0.3 is 15.0 Å². The SMILES string of the molecule is O=C(NCc1ccc(N2CCOCC2)cc1)c1cccc(I)c1. The van der Waals surface area contributed by atoms with Crippen LogP contribution in [0.2, 0.25) is 0 Å². The van der Waals surface area contributed by atoms with E-state index in [2.05, 4.69) is 57.1 Å². The summed E-state index contributed by atoms with van der Waals surface area (Å²) in [7, 11) is 0. The van der Waals surface area contributed by atoms with E-state index in [0.29, 0.717) is 12.1 Å². The summed E-state index contributed by atoms with van der Waals surface area (Å²) in [6.07, 6.45) is 0. The number of ether oxygens (including phenoxy) is 1. The Kier molecular flexibility index (Phi) is 5.51. The number of carbonyl (C=O) groups excluding carboxylic acids is 1. The fourth-order valence-corrected chi connectivity index (χ4v) is 3.10. The van der Waals surface area contributed by atoms with Crippen molar-refractivity contribution in [2.75, 3.05) is 31.2 Å². The average molecular weight is 422 g/mol. The minimum absolute atomic E-state index is 0.0410. The molecular weight excluding hydrogens is 403 g/mol. The number of anilines is 1. The van der Waals surface area contributed by atoms with Crippen molar-refractivity contribution in [2.24, 2.45) is 0 Å². The zero-order valence-corrected chi connectivity index (χ0v) is 15.0. The summed E-state index contributed by atoms with van der Waals surface area (Å²) >= 11 is 2.21. The molecule has 5 heteroatoms. The van der Waals surface area contributed by atoms with Crippen LogP contribution in [-0.4, -0.2) is 32.2 Å². The highest BCUT2D eigenvalue weighted by atomic mass is 127. The largest absolute Gasteiger partial charge is 0.378 e. The van der Waals surface area contributed by atoms with E-state index in [4.69, 9.17) is 4.74 Å². The summed E-state index contributed by atoms with van der Waals surface area (Å²) < 4.78 is 6.43. The molecule has 2 aromatic carbocycles. The number of amides is 1. The molecule has 0 radical (unpaired) electrons. The molecule has 1 heterocycles. The molecule has 0 atom stereocenters. The van der Waals surface area contributed by atoms with Gasteiger partial charge in [-0.1, -0.05) is 18.2 Å². The highest BCUT2D eigenvalue weighted by Gasteiger charge is 2.11. The van der Waals surface area contributed by atoms with Crippen LogP contribution in [0.3, 0.4) is 0 Å². The summed E-state index contributed by atoms with van der Waals surface area (Å²) in [4.78, 5) is 14.5. The number of carbonyl (C=O) groups is 1. The van der Waals surface area contributed by atoms with Gasteiger partial charge in [-0.25, -0.2) is 0 Å². The summed E-state index contributed by atoms with van der Waals surface area (Å²) in [5, 5.41) is 2.97.